The molecule has 132 valence electrons. The van der Waals surface area contributed by atoms with E-state index in [0.29, 0.717) is 29.2 Å². The molecule has 1 unspecified atom stereocenters. The molecule has 0 saturated heterocycles. The molecule has 0 spiro atoms. The fraction of sp³-hybridized carbons (Fsp3) is 0.312. The van der Waals surface area contributed by atoms with Gasteiger partial charge in [-0.1, -0.05) is 30.7 Å². The maximum atomic E-state index is 12.4. The molecule has 3 rings (SSSR count). The third-order valence-electron chi connectivity index (χ3n) is 3.84. The topological polar surface area (TPSA) is 104 Å². The first kappa shape index (κ1) is 17.6. The second kappa shape index (κ2) is 6.61. The zero-order valence-corrected chi connectivity index (χ0v) is 15.4. The van der Waals surface area contributed by atoms with Crippen molar-refractivity contribution in [1.82, 2.24) is 19.5 Å². The third kappa shape index (κ3) is 3.45. The van der Waals surface area contributed by atoms with Gasteiger partial charge in [0, 0.05) is 10.8 Å². The van der Waals surface area contributed by atoms with Crippen LogP contribution in [0.15, 0.2) is 34.3 Å². The SMILES string of the molecule is CCCS(=N)(=O)c1ncc2[nH]c(=O)n(Cc3ccc(Cl)c(C)c3)c2n1. The van der Waals surface area contributed by atoms with Crippen molar-refractivity contribution in [3.8, 4) is 0 Å². The highest BCUT2D eigenvalue weighted by Crippen LogP contribution is 2.18. The lowest BCUT2D eigenvalue weighted by atomic mass is 10.1. The van der Waals surface area contributed by atoms with Gasteiger partial charge in [-0.25, -0.2) is 18.8 Å². The molecule has 2 N–H and O–H groups in total. The summed E-state index contributed by atoms with van der Waals surface area (Å²) in [5, 5.41) is 0.620. The number of benzene rings is 1. The Hall–Kier alpha value is -2.19. The molecule has 2 aromatic heterocycles. The van der Waals surface area contributed by atoms with Crippen molar-refractivity contribution in [2.75, 3.05) is 5.75 Å². The van der Waals surface area contributed by atoms with Crippen LogP contribution >= 0.6 is 11.6 Å². The lowest BCUT2D eigenvalue weighted by Gasteiger charge is -2.07. The summed E-state index contributed by atoms with van der Waals surface area (Å²) in [5.74, 6) is 0.184. The van der Waals surface area contributed by atoms with Crippen molar-refractivity contribution in [2.24, 2.45) is 0 Å². The minimum atomic E-state index is -3.06. The maximum absolute atomic E-state index is 12.4. The Morgan fingerprint density at radius 1 is 1.40 bits per heavy atom. The van der Waals surface area contributed by atoms with E-state index in [9.17, 15) is 9.00 Å². The number of hydrogen-bond donors (Lipinski definition) is 2. The minimum absolute atomic E-state index is 0.0399. The largest absolute Gasteiger partial charge is 0.328 e. The fourth-order valence-electron chi connectivity index (χ4n) is 2.60. The van der Waals surface area contributed by atoms with E-state index in [1.807, 2.05) is 26.0 Å². The number of aromatic amines is 1. The van der Waals surface area contributed by atoms with E-state index in [0.717, 1.165) is 11.1 Å². The number of aryl methyl sites for hydroxylation is 1. The molecule has 0 radical (unpaired) electrons. The molecule has 9 heteroatoms. The summed E-state index contributed by atoms with van der Waals surface area (Å²) in [5.41, 5.74) is 2.27. The van der Waals surface area contributed by atoms with Gasteiger partial charge in [-0.05, 0) is 30.5 Å². The zero-order valence-electron chi connectivity index (χ0n) is 13.9. The average Bonchev–Trinajstić information content (AvgIpc) is 2.86. The van der Waals surface area contributed by atoms with Crippen molar-refractivity contribution in [3.63, 3.8) is 0 Å². The molecule has 1 aromatic carbocycles. The van der Waals surface area contributed by atoms with Gasteiger partial charge in [0.05, 0.1) is 12.7 Å². The second-order valence-electron chi connectivity index (χ2n) is 5.87. The van der Waals surface area contributed by atoms with Crippen LogP contribution in [-0.4, -0.2) is 29.5 Å². The monoisotopic (exact) mass is 379 g/mol. The highest BCUT2D eigenvalue weighted by Gasteiger charge is 2.17. The number of H-pyrrole nitrogens is 1. The van der Waals surface area contributed by atoms with Crippen molar-refractivity contribution < 1.29 is 4.21 Å². The summed E-state index contributed by atoms with van der Waals surface area (Å²) >= 11 is 6.04. The van der Waals surface area contributed by atoms with Crippen LogP contribution in [0.5, 0.6) is 0 Å². The van der Waals surface area contributed by atoms with Crippen molar-refractivity contribution in [1.29, 1.82) is 4.78 Å². The predicted octanol–water partition coefficient (Wildman–Crippen LogP) is 2.95. The number of aromatic nitrogens is 4. The Balaban J connectivity index is 2.09. The number of halogens is 1. The van der Waals surface area contributed by atoms with Gasteiger partial charge in [-0.15, -0.1) is 0 Å². The van der Waals surface area contributed by atoms with E-state index >= 15 is 0 Å². The summed E-state index contributed by atoms with van der Waals surface area (Å²) in [7, 11) is -3.06. The number of nitrogens with zero attached hydrogens (tertiary/aromatic N) is 3. The van der Waals surface area contributed by atoms with Crippen LogP contribution in [0.2, 0.25) is 5.02 Å². The Labute approximate surface area is 150 Å². The van der Waals surface area contributed by atoms with Gasteiger partial charge in [-0.2, -0.15) is 4.98 Å². The third-order valence-corrected chi connectivity index (χ3v) is 6.03. The van der Waals surface area contributed by atoms with Gasteiger partial charge < -0.3 is 4.98 Å². The van der Waals surface area contributed by atoms with Crippen LogP contribution in [0.4, 0.5) is 0 Å². The van der Waals surface area contributed by atoms with Crippen LogP contribution in [0.1, 0.15) is 24.5 Å². The first-order valence-corrected chi connectivity index (χ1v) is 9.89. The number of fused-ring (bicyclic) bond motifs is 1. The molecule has 0 amide bonds. The molecular formula is C16H18ClN5O2S. The lowest BCUT2D eigenvalue weighted by Crippen LogP contribution is -2.18. The van der Waals surface area contributed by atoms with Gasteiger partial charge in [0.25, 0.3) is 0 Å². The summed E-state index contributed by atoms with van der Waals surface area (Å²) < 4.78 is 21.9. The number of rotatable bonds is 5. The Bertz CT molecular complexity index is 1100. The molecule has 0 bridgehead atoms. The van der Waals surface area contributed by atoms with E-state index in [2.05, 4.69) is 15.0 Å². The second-order valence-corrected chi connectivity index (χ2v) is 8.40. The fourth-order valence-corrected chi connectivity index (χ4v) is 3.93. The lowest BCUT2D eigenvalue weighted by molar-refractivity contribution is 0.664. The molecule has 0 aliphatic rings. The minimum Gasteiger partial charge on any atom is -0.303 e. The normalized spacial score (nSPS) is 13.9. The summed E-state index contributed by atoms with van der Waals surface area (Å²) in [6.45, 7) is 4.03. The summed E-state index contributed by atoms with van der Waals surface area (Å²) in [6, 6.07) is 5.53. The maximum Gasteiger partial charge on any atom is 0.328 e. The number of nitrogens with one attached hydrogen (secondary N) is 2. The van der Waals surface area contributed by atoms with Gasteiger partial charge in [0.2, 0.25) is 5.16 Å². The van der Waals surface area contributed by atoms with Gasteiger partial charge in [-0.3, -0.25) is 4.57 Å². The van der Waals surface area contributed by atoms with Crippen LogP contribution in [0.3, 0.4) is 0 Å². The molecular weight excluding hydrogens is 362 g/mol. The predicted molar refractivity (Wildman–Crippen MR) is 97.7 cm³/mol. The first-order valence-electron chi connectivity index (χ1n) is 7.79. The molecule has 0 aliphatic heterocycles. The Morgan fingerprint density at radius 2 is 2.16 bits per heavy atom. The average molecular weight is 380 g/mol. The highest BCUT2D eigenvalue weighted by molar-refractivity contribution is 7.92. The van der Waals surface area contributed by atoms with Crippen molar-refractivity contribution >= 4 is 32.5 Å². The van der Waals surface area contributed by atoms with Crippen LogP contribution in [0.25, 0.3) is 11.2 Å². The number of imidazole rings is 1. The quantitative estimate of drug-likeness (QED) is 0.665. The molecule has 3 aromatic rings. The van der Waals surface area contributed by atoms with E-state index in [1.54, 1.807) is 6.07 Å². The molecule has 25 heavy (non-hydrogen) atoms. The van der Waals surface area contributed by atoms with Gasteiger partial charge in [0.15, 0.2) is 5.65 Å². The summed E-state index contributed by atoms with van der Waals surface area (Å²) in [4.78, 5) is 23.2. The first-order chi connectivity index (χ1) is 11.8. The van der Waals surface area contributed by atoms with Crippen LogP contribution in [0, 0.1) is 11.7 Å². The van der Waals surface area contributed by atoms with E-state index in [1.165, 1.54) is 10.8 Å². The van der Waals surface area contributed by atoms with Crippen molar-refractivity contribution in [3.05, 3.63) is 51.0 Å². The van der Waals surface area contributed by atoms with E-state index < -0.39 is 9.73 Å². The summed E-state index contributed by atoms with van der Waals surface area (Å²) in [6.07, 6.45) is 2.00. The zero-order chi connectivity index (χ0) is 18.2. The molecule has 0 fully saturated rings. The Morgan fingerprint density at radius 3 is 2.84 bits per heavy atom. The Kier molecular flexibility index (Phi) is 4.66. The highest BCUT2D eigenvalue weighted by atomic mass is 35.5. The van der Waals surface area contributed by atoms with E-state index in [4.69, 9.17) is 16.4 Å². The van der Waals surface area contributed by atoms with Crippen LogP contribution < -0.4 is 5.69 Å². The van der Waals surface area contributed by atoms with Gasteiger partial charge in [0.1, 0.15) is 15.2 Å². The van der Waals surface area contributed by atoms with Crippen LogP contribution in [-0.2, 0) is 16.3 Å². The molecule has 0 saturated carbocycles. The standard InChI is InChI=1S/C16H18ClN5O2S/c1-3-6-25(18,24)15-19-8-13-14(21-15)22(16(23)20-13)9-11-4-5-12(17)10(2)7-11/h4-5,7-8,18H,3,6,9H2,1-2H3,(H,20,23). The molecule has 2 heterocycles. The van der Waals surface area contributed by atoms with Crippen molar-refractivity contribution in [2.45, 2.75) is 32.0 Å². The van der Waals surface area contributed by atoms with Gasteiger partial charge >= 0.3 is 5.69 Å². The number of hydrogen-bond acceptors (Lipinski definition) is 5. The molecule has 1 atom stereocenters. The molecule has 7 nitrogen and oxygen atoms in total. The smallest absolute Gasteiger partial charge is 0.303 e. The molecule has 0 aliphatic carbocycles. The van der Waals surface area contributed by atoms with E-state index in [-0.39, 0.29) is 16.6 Å².